The third-order valence-corrected chi connectivity index (χ3v) is 3.40. The zero-order valence-corrected chi connectivity index (χ0v) is 14.4. The van der Waals surface area contributed by atoms with Crippen molar-refractivity contribution in [2.24, 2.45) is 0 Å². The Hall–Kier alpha value is -2.61. The number of nitrogens with zero attached hydrogens (tertiary/aromatic N) is 1. The van der Waals surface area contributed by atoms with Gasteiger partial charge in [0, 0.05) is 40.1 Å². The van der Waals surface area contributed by atoms with E-state index in [-0.39, 0.29) is 25.3 Å². The van der Waals surface area contributed by atoms with E-state index >= 15 is 0 Å². The third-order valence-electron chi connectivity index (χ3n) is 3.40. The summed E-state index contributed by atoms with van der Waals surface area (Å²) in [4.78, 5) is 36.1. The summed E-state index contributed by atoms with van der Waals surface area (Å²) >= 11 is 0. The van der Waals surface area contributed by atoms with Crippen molar-refractivity contribution in [1.82, 2.24) is 10.2 Å². The molecule has 0 unspecified atom stereocenters. The first-order chi connectivity index (χ1) is 11.9. The lowest BCUT2D eigenvalue weighted by atomic mass is 10.1. The van der Waals surface area contributed by atoms with Crippen LogP contribution in [0.3, 0.4) is 0 Å². The summed E-state index contributed by atoms with van der Waals surface area (Å²) in [6.07, 6.45) is -1.90. The minimum Gasteiger partial charge on any atom is -0.478 e. The number of carbonyl (C=O) groups excluding carboxylic acids is 2. The molecular formula is C17H24N2O6. The number of amides is 2. The standard InChI is InChI=1S/C17H24N2O6/c1-19(10-8-15(20)18-9-11-24-2)17(23)25-14(16(21)22)12-13-6-4-3-5-7-13/h3-7,14H,8-12H2,1-2H3,(H,18,20)(H,21,22)/t14-/m0/s1. The van der Waals surface area contributed by atoms with Crippen LogP contribution in [0.2, 0.25) is 0 Å². The van der Waals surface area contributed by atoms with Crippen LogP contribution in [0, 0.1) is 0 Å². The van der Waals surface area contributed by atoms with Crippen LogP contribution in [0.1, 0.15) is 12.0 Å². The van der Waals surface area contributed by atoms with E-state index in [1.165, 1.54) is 19.1 Å². The van der Waals surface area contributed by atoms with Crippen molar-refractivity contribution in [2.75, 3.05) is 33.9 Å². The molecule has 8 heteroatoms. The number of hydrogen-bond donors (Lipinski definition) is 2. The molecule has 2 N–H and O–H groups in total. The molecule has 0 fully saturated rings. The summed E-state index contributed by atoms with van der Waals surface area (Å²) < 4.78 is 9.86. The lowest BCUT2D eigenvalue weighted by Crippen LogP contribution is -2.38. The number of carbonyl (C=O) groups is 3. The Bertz CT molecular complexity index is 564. The topological polar surface area (TPSA) is 105 Å². The van der Waals surface area contributed by atoms with Gasteiger partial charge >= 0.3 is 12.1 Å². The molecule has 0 radical (unpaired) electrons. The van der Waals surface area contributed by atoms with Crippen LogP contribution < -0.4 is 5.32 Å². The van der Waals surface area contributed by atoms with Gasteiger partial charge in [0.15, 0.2) is 0 Å². The molecule has 0 aliphatic heterocycles. The number of methoxy groups -OCH3 is 1. The maximum absolute atomic E-state index is 12.0. The maximum atomic E-state index is 12.0. The average Bonchev–Trinajstić information content (AvgIpc) is 2.60. The Morgan fingerprint density at radius 2 is 1.92 bits per heavy atom. The molecule has 0 heterocycles. The summed E-state index contributed by atoms with van der Waals surface area (Å²) in [6, 6.07) is 8.90. The van der Waals surface area contributed by atoms with E-state index in [2.05, 4.69) is 5.32 Å². The fourth-order valence-electron chi connectivity index (χ4n) is 1.96. The number of hydrogen-bond acceptors (Lipinski definition) is 5. The van der Waals surface area contributed by atoms with Gasteiger partial charge in [-0.2, -0.15) is 0 Å². The molecule has 1 rings (SSSR count). The molecule has 0 bridgehead atoms. The summed E-state index contributed by atoms with van der Waals surface area (Å²) in [7, 11) is 2.98. The van der Waals surface area contributed by atoms with E-state index in [1.807, 2.05) is 6.07 Å². The van der Waals surface area contributed by atoms with Crippen molar-refractivity contribution in [1.29, 1.82) is 0 Å². The van der Waals surface area contributed by atoms with Crippen molar-refractivity contribution in [3.05, 3.63) is 35.9 Å². The highest BCUT2D eigenvalue weighted by atomic mass is 16.6. The van der Waals surface area contributed by atoms with Crippen LogP contribution in [-0.4, -0.2) is 67.9 Å². The summed E-state index contributed by atoms with van der Waals surface area (Å²) in [5.41, 5.74) is 0.753. The molecule has 0 aliphatic carbocycles. The second-order valence-electron chi connectivity index (χ2n) is 5.41. The largest absolute Gasteiger partial charge is 0.478 e. The molecular weight excluding hydrogens is 328 g/mol. The van der Waals surface area contributed by atoms with E-state index < -0.39 is 18.2 Å². The van der Waals surface area contributed by atoms with E-state index in [9.17, 15) is 19.5 Å². The highest BCUT2D eigenvalue weighted by Gasteiger charge is 2.24. The third kappa shape index (κ3) is 8.16. The van der Waals surface area contributed by atoms with E-state index in [1.54, 1.807) is 24.3 Å². The SMILES string of the molecule is COCCNC(=O)CCN(C)C(=O)O[C@@H](Cc1ccccc1)C(=O)O. The molecule has 138 valence electrons. The molecule has 0 aromatic heterocycles. The number of ether oxygens (including phenoxy) is 2. The molecule has 8 nitrogen and oxygen atoms in total. The van der Waals surface area contributed by atoms with Crippen molar-refractivity contribution in [3.8, 4) is 0 Å². The normalized spacial score (nSPS) is 11.4. The molecule has 1 aromatic carbocycles. The zero-order chi connectivity index (χ0) is 18.7. The highest BCUT2D eigenvalue weighted by Crippen LogP contribution is 2.08. The lowest BCUT2D eigenvalue weighted by molar-refractivity contribution is -0.147. The van der Waals surface area contributed by atoms with E-state index in [4.69, 9.17) is 9.47 Å². The quantitative estimate of drug-likeness (QED) is 0.606. The molecule has 2 amide bonds. The fraction of sp³-hybridized carbons (Fsp3) is 0.471. The van der Waals surface area contributed by atoms with Gasteiger partial charge in [0.1, 0.15) is 0 Å². The first-order valence-electron chi connectivity index (χ1n) is 7.88. The Morgan fingerprint density at radius 3 is 2.52 bits per heavy atom. The Labute approximate surface area is 146 Å². The second kappa shape index (κ2) is 11.0. The van der Waals surface area contributed by atoms with Gasteiger partial charge in [0.25, 0.3) is 0 Å². The maximum Gasteiger partial charge on any atom is 0.410 e. The number of aliphatic carboxylic acids is 1. The summed E-state index contributed by atoms with van der Waals surface area (Å²) in [5.74, 6) is -1.45. The highest BCUT2D eigenvalue weighted by molar-refractivity contribution is 5.79. The monoisotopic (exact) mass is 352 g/mol. The zero-order valence-electron chi connectivity index (χ0n) is 14.4. The fourth-order valence-corrected chi connectivity index (χ4v) is 1.96. The molecule has 0 saturated carbocycles. The minimum atomic E-state index is -1.28. The molecule has 25 heavy (non-hydrogen) atoms. The number of carboxylic acid groups (broad SMARTS) is 1. The second-order valence-corrected chi connectivity index (χ2v) is 5.41. The predicted octanol–water partition coefficient (Wildman–Crippen LogP) is 0.903. The lowest BCUT2D eigenvalue weighted by Gasteiger charge is -2.20. The first-order valence-corrected chi connectivity index (χ1v) is 7.88. The Morgan fingerprint density at radius 1 is 1.24 bits per heavy atom. The van der Waals surface area contributed by atoms with Crippen LogP contribution in [0.5, 0.6) is 0 Å². The van der Waals surface area contributed by atoms with Crippen LogP contribution in [0.25, 0.3) is 0 Å². The summed E-state index contributed by atoms with van der Waals surface area (Å²) in [5, 5.41) is 11.9. The van der Waals surface area contributed by atoms with Gasteiger partial charge in [-0.25, -0.2) is 9.59 Å². The van der Waals surface area contributed by atoms with Crippen molar-refractivity contribution in [2.45, 2.75) is 18.9 Å². The van der Waals surface area contributed by atoms with Crippen LogP contribution in [0.4, 0.5) is 4.79 Å². The number of benzene rings is 1. The van der Waals surface area contributed by atoms with E-state index in [0.717, 1.165) is 5.56 Å². The molecule has 1 aromatic rings. The van der Waals surface area contributed by atoms with Gasteiger partial charge < -0.3 is 24.8 Å². The van der Waals surface area contributed by atoms with Crippen molar-refractivity contribution >= 4 is 18.0 Å². The predicted molar refractivity (Wildman–Crippen MR) is 90.2 cm³/mol. The minimum absolute atomic E-state index is 0.0766. The van der Waals surface area contributed by atoms with Gasteiger partial charge in [-0.1, -0.05) is 30.3 Å². The molecule has 0 aliphatic rings. The summed E-state index contributed by atoms with van der Waals surface area (Å²) in [6.45, 7) is 0.917. The van der Waals surface area contributed by atoms with Crippen LogP contribution >= 0.6 is 0 Å². The van der Waals surface area contributed by atoms with Crippen molar-refractivity contribution < 1.29 is 29.0 Å². The Kier molecular flexibility index (Phi) is 9.02. The smallest absolute Gasteiger partial charge is 0.410 e. The van der Waals surface area contributed by atoms with Crippen LogP contribution in [0.15, 0.2) is 30.3 Å². The van der Waals surface area contributed by atoms with Gasteiger partial charge in [-0.15, -0.1) is 0 Å². The number of nitrogens with one attached hydrogen (secondary N) is 1. The molecule has 0 saturated heterocycles. The van der Waals surface area contributed by atoms with Gasteiger partial charge in [0.05, 0.1) is 6.61 Å². The van der Waals surface area contributed by atoms with E-state index in [0.29, 0.717) is 13.2 Å². The van der Waals surface area contributed by atoms with Crippen LogP contribution in [-0.2, 0) is 25.5 Å². The first kappa shape index (κ1) is 20.4. The number of carboxylic acids is 1. The number of rotatable bonds is 10. The average molecular weight is 352 g/mol. The van der Waals surface area contributed by atoms with Crippen molar-refractivity contribution in [3.63, 3.8) is 0 Å². The van der Waals surface area contributed by atoms with Gasteiger partial charge in [-0.05, 0) is 5.56 Å². The van der Waals surface area contributed by atoms with Gasteiger partial charge in [-0.3, -0.25) is 4.79 Å². The van der Waals surface area contributed by atoms with Gasteiger partial charge in [0.2, 0.25) is 12.0 Å². The molecule has 0 spiro atoms. The molecule has 1 atom stereocenters. The Balaban J connectivity index is 2.45.